The lowest BCUT2D eigenvalue weighted by Gasteiger charge is -2.23. The van der Waals surface area contributed by atoms with E-state index < -0.39 is 0 Å². The van der Waals surface area contributed by atoms with Crippen molar-refractivity contribution >= 4 is 17.3 Å². The molecule has 0 spiro atoms. The molecule has 0 aliphatic rings. The Kier molecular flexibility index (Phi) is 3.79. The number of amides is 1. The Bertz CT molecular complexity index is 669. The lowest BCUT2D eigenvalue weighted by molar-refractivity contribution is 0.0999. The zero-order chi connectivity index (χ0) is 14.5. The molecule has 0 aliphatic heterocycles. The first-order valence-corrected chi connectivity index (χ1v) is 6.77. The van der Waals surface area contributed by atoms with Crippen LogP contribution in [-0.4, -0.2) is 5.91 Å². The van der Waals surface area contributed by atoms with Gasteiger partial charge in [0.2, 0.25) is 0 Å². The molecule has 0 aliphatic carbocycles. The molecule has 1 amide bonds. The summed E-state index contributed by atoms with van der Waals surface area (Å²) in [4.78, 5) is 14.6. The average molecular weight is 272 g/mol. The van der Waals surface area contributed by atoms with Crippen molar-refractivity contribution in [1.29, 1.82) is 0 Å². The first kappa shape index (κ1) is 13.1. The van der Waals surface area contributed by atoms with E-state index >= 15 is 0 Å². The van der Waals surface area contributed by atoms with Crippen LogP contribution in [0, 0.1) is 6.07 Å². The minimum absolute atomic E-state index is 0.0481. The van der Waals surface area contributed by atoms with Crippen LogP contribution in [0.4, 0.5) is 11.4 Å². The molecule has 21 heavy (non-hydrogen) atoms. The lowest BCUT2D eigenvalue weighted by Crippen LogP contribution is -2.25. The van der Waals surface area contributed by atoms with E-state index in [-0.39, 0.29) is 5.91 Å². The van der Waals surface area contributed by atoms with E-state index in [1.54, 1.807) is 4.90 Å². The second kappa shape index (κ2) is 6.06. The number of nitrogens with zero attached hydrogens (tertiary/aromatic N) is 1. The van der Waals surface area contributed by atoms with Crippen molar-refractivity contribution in [2.24, 2.45) is 0 Å². The van der Waals surface area contributed by atoms with Crippen LogP contribution in [-0.2, 0) is 0 Å². The van der Waals surface area contributed by atoms with E-state index in [1.807, 2.05) is 84.9 Å². The maximum absolute atomic E-state index is 12.9. The van der Waals surface area contributed by atoms with Gasteiger partial charge in [0.15, 0.2) is 0 Å². The minimum atomic E-state index is -0.0481. The van der Waals surface area contributed by atoms with Crippen LogP contribution in [0.25, 0.3) is 0 Å². The topological polar surface area (TPSA) is 20.3 Å². The van der Waals surface area contributed by atoms with Gasteiger partial charge in [0.05, 0.1) is 0 Å². The van der Waals surface area contributed by atoms with Gasteiger partial charge in [-0.05, 0) is 42.5 Å². The SMILES string of the molecule is O=C(c1ccccc1)N(c1cc[c]cc1)c1ccccc1. The standard InChI is InChI=1S/C19H14NO/c21-19(16-10-4-1-5-11-16)20(17-12-6-2-7-13-17)18-14-8-3-9-15-18/h1-2,4-15H. The lowest BCUT2D eigenvalue weighted by atomic mass is 10.1. The summed E-state index contributed by atoms with van der Waals surface area (Å²) < 4.78 is 0. The highest BCUT2D eigenvalue weighted by Gasteiger charge is 2.18. The van der Waals surface area contributed by atoms with Crippen molar-refractivity contribution in [2.75, 3.05) is 4.90 Å². The van der Waals surface area contributed by atoms with Gasteiger partial charge >= 0.3 is 0 Å². The predicted molar refractivity (Wildman–Crippen MR) is 84.6 cm³/mol. The third-order valence-electron chi connectivity index (χ3n) is 3.20. The molecule has 0 unspecified atom stereocenters. The summed E-state index contributed by atoms with van der Waals surface area (Å²) in [5.41, 5.74) is 2.33. The smallest absolute Gasteiger partial charge is 0.262 e. The van der Waals surface area contributed by atoms with Crippen LogP contribution in [0.3, 0.4) is 0 Å². The summed E-state index contributed by atoms with van der Waals surface area (Å²) in [6.45, 7) is 0. The second-order valence-electron chi connectivity index (χ2n) is 4.60. The maximum atomic E-state index is 12.9. The molecule has 1 radical (unpaired) electrons. The van der Waals surface area contributed by atoms with Crippen LogP contribution < -0.4 is 4.90 Å². The normalized spacial score (nSPS) is 10.1. The minimum Gasteiger partial charge on any atom is -0.277 e. The number of hydrogen-bond acceptors (Lipinski definition) is 1. The number of carbonyl (C=O) groups excluding carboxylic acids is 1. The van der Waals surface area contributed by atoms with Crippen molar-refractivity contribution in [3.63, 3.8) is 0 Å². The van der Waals surface area contributed by atoms with Crippen LogP contribution in [0.1, 0.15) is 10.4 Å². The van der Waals surface area contributed by atoms with E-state index in [4.69, 9.17) is 0 Å². The molecule has 101 valence electrons. The predicted octanol–water partition coefficient (Wildman–Crippen LogP) is 4.47. The summed E-state index contributed by atoms with van der Waals surface area (Å²) in [5, 5.41) is 0. The van der Waals surface area contributed by atoms with E-state index in [0.29, 0.717) is 5.56 Å². The fourth-order valence-corrected chi connectivity index (χ4v) is 2.20. The number of hydrogen-bond donors (Lipinski definition) is 0. The van der Waals surface area contributed by atoms with Gasteiger partial charge in [0.1, 0.15) is 0 Å². The highest BCUT2D eigenvalue weighted by Crippen LogP contribution is 2.26. The number of carbonyl (C=O) groups is 1. The van der Waals surface area contributed by atoms with E-state index in [2.05, 4.69) is 6.07 Å². The van der Waals surface area contributed by atoms with Gasteiger partial charge in [-0.15, -0.1) is 0 Å². The summed E-state index contributed by atoms with van der Waals surface area (Å²) in [6, 6.07) is 29.3. The Morgan fingerprint density at radius 2 is 1.24 bits per heavy atom. The van der Waals surface area contributed by atoms with Crippen LogP contribution in [0.2, 0.25) is 0 Å². The number of para-hydroxylation sites is 1. The Hall–Kier alpha value is -2.87. The molecular weight excluding hydrogens is 258 g/mol. The van der Waals surface area contributed by atoms with Gasteiger partial charge in [-0.2, -0.15) is 0 Å². The Morgan fingerprint density at radius 3 is 1.86 bits per heavy atom. The molecule has 0 heterocycles. The summed E-state index contributed by atoms with van der Waals surface area (Å²) in [6.07, 6.45) is 0. The Balaban J connectivity index is 2.07. The largest absolute Gasteiger partial charge is 0.277 e. The van der Waals surface area contributed by atoms with E-state index in [9.17, 15) is 4.79 Å². The number of benzene rings is 3. The van der Waals surface area contributed by atoms with Gasteiger partial charge in [-0.1, -0.05) is 48.5 Å². The van der Waals surface area contributed by atoms with E-state index in [1.165, 1.54) is 0 Å². The molecule has 2 heteroatoms. The highest BCUT2D eigenvalue weighted by molar-refractivity contribution is 6.10. The van der Waals surface area contributed by atoms with Gasteiger partial charge in [0, 0.05) is 16.9 Å². The fourth-order valence-electron chi connectivity index (χ4n) is 2.20. The molecule has 3 aromatic rings. The number of anilines is 2. The molecule has 2 nitrogen and oxygen atoms in total. The maximum Gasteiger partial charge on any atom is 0.262 e. The van der Waals surface area contributed by atoms with Crippen LogP contribution in [0.5, 0.6) is 0 Å². The van der Waals surface area contributed by atoms with Crippen molar-refractivity contribution in [2.45, 2.75) is 0 Å². The molecule has 0 saturated carbocycles. The molecule has 0 aromatic heterocycles. The molecule has 0 atom stereocenters. The monoisotopic (exact) mass is 272 g/mol. The molecular formula is C19H14NO. The molecule has 3 rings (SSSR count). The fraction of sp³-hybridized carbons (Fsp3) is 0. The van der Waals surface area contributed by atoms with Gasteiger partial charge < -0.3 is 0 Å². The quantitative estimate of drug-likeness (QED) is 0.689. The summed E-state index contributed by atoms with van der Waals surface area (Å²) >= 11 is 0. The molecule has 3 aromatic carbocycles. The third kappa shape index (κ3) is 2.84. The van der Waals surface area contributed by atoms with E-state index in [0.717, 1.165) is 11.4 Å². The van der Waals surface area contributed by atoms with Crippen molar-refractivity contribution < 1.29 is 4.79 Å². The Labute approximate surface area is 124 Å². The second-order valence-corrected chi connectivity index (χ2v) is 4.60. The Morgan fingerprint density at radius 1 is 0.714 bits per heavy atom. The van der Waals surface area contributed by atoms with Gasteiger partial charge in [-0.3, -0.25) is 9.69 Å². The summed E-state index contributed by atoms with van der Waals surface area (Å²) in [5.74, 6) is -0.0481. The first-order valence-electron chi connectivity index (χ1n) is 6.77. The van der Waals surface area contributed by atoms with Crippen molar-refractivity contribution in [1.82, 2.24) is 0 Å². The first-order chi connectivity index (χ1) is 10.4. The molecule has 0 saturated heterocycles. The van der Waals surface area contributed by atoms with Gasteiger partial charge in [0.25, 0.3) is 5.91 Å². The zero-order valence-electron chi connectivity index (χ0n) is 11.4. The third-order valence-corrected chi connectivity index (χ3v) is 3.20. The van der Waals surface area contributed by atoms with Crippen molar-refractivity contribution in [3.8, 4) is 0 Å². The molecule has 0 bridgehead atoms. The summed E-state index contributed by atoms with van der Waals surface area (Å²) in [7, 11) is 0. The van der Waals surface area contributed by atoms with Crippen molar-refractivity contribution in [3.05, 3.63) is 96.6 Å². The highest BCUT2D eigenvalue weighted by atomic mass is 16.2. The molecule has 0 N–H and O–H groups in total. The molecule has 0 fully saturated rings. The van der Waals surface area contributed by atoms with Crippen LogP contribution >= 0.6 is 0 Å². The zero-order valence-corrected chi connectivity index (χ0v) is 11.4. The van der Waals surface area contributed by atoms with Crippen LogP contribution in [0.15, 0.2) is 84.9 Å². The van der Waals surface area contributed by atoms with Gasteiger partial charge in [-0.25, -0.2) is 0 Å². The average Bonchev–Trinajstić information content (AvgIpc) is 2.58. The number of rotatable bonds is 3.